The van der Waals surface area contributed by atoms with Gasteiger partial charge in [0.25, 0.3) is 0 Å². The molecule has 14 heteroatoms. The molecule has 3 rings (SSSR count). The van der Waals surface area contributed by atoms with Gasteiger partial charge in [0.1, 0.15) is 31.0 Å². The molecule has 2 aromatic rings. The van der Waals surface area contributed by atoms with Gasteiger partial charge in [-0.2, -0.15) is 0 Å². The fourth-order valence-corrected chi connectivity index (χ4v) is 3.07. The summed E-state index contributed by atoms with van der Waals surface area (Å²) in [5.74, 6) is -7.40. The number of rotatable bonds is 6. The van der Waals surface area contributed by atoms with E-state index in [1.54, 1.807) is 0 Å². The number of hydrogen-bond donors (Lipinski definition) is 9. The van der Waals surface area contributed by atoms with Crippen LogP contribution in [0.1, 0.15) is 20.7 Å². The van der Waals surface area contributed by atoms with Gasteiger partial charge in [-0.15, -0.1) is 0 Å². The summed E-state index contributed by atoms with van der Waals surface area (Å²) in [5, 5.41) is 87.6. The summed E-state index contributed by atoms with van der Waals surface area (Å²) in [6.45, 7) is -0.734. The lowest BCUT2D eigenvalue weighted by Gasteiger charge is -2.39. The number of hydrogen-bond acceptors (Lipinski definition) is 13. The standard InChI is InChI=1S/C20H20O14/c21-8-3-7(4-9(22)13(8)25)19(31)32-5-12-14(26)15(27)16(28)20(33-12)34-17-10(23)1-6(18(29)30)2-11(17)24/h1-4,12,14-16,20-28H,5H2,(H,29,30). The zero-order valence-electron chi connectivity index (χ0n) is 17.0. The van der Waals surface area contributed by atoms with Crippen LogP contribution in [-0.2, 0) is 9.47 Å². The van der Waals surface area contributed by atoms with Gasteiger partial charge in [-0.1, -0.05) is 0 Å². The summed E-state index contributed by atoms with van der Waals surface area (Å²) in [4.78, 5) is 23.2. The maximum absolute atomic E-state index is 12.2. The number of phenolic OH excluding ortho intramolecular Hbond substituents is 5. The largest absolute Gasteiger partial charge is 0.504 e. The van der Waals surface area contributed by atoms with Crippen LogP contribution in [0.3, 0.4) is 0 Å². The molecule has 1 heterocycles. The molecular weight excluding hydrogens is 464 g/mol. The molecule has 0 bridgehead atoms. The smallest absolute Gasteiger partial charge is 0.338 e. The molecule has 0 spiro atoms. The van der Waals surface area contributed by atoms with Crippen molar-refractivity contribution in [3.63, 3.8) is 0 Å². The van der Waals surface area contributed by atoms with Crippen LogP contribution in [0, 0.1) is 0 Å². The van der Waals surface area contributed by atoms with Gasteiger partial charge in [0, 0.05) is 0 Å². The van der Waals surface area contributed by atoms with E-state index in [9.17, 15) is 50.4 Å². The number of carboxylic acid groups (broad SMARTS) is 1. The van der Waals surface area contributed by atoms with Crippen LogP contribution in [0.25, 0.3) is 0 Å². The van der Waals surface area contributed by atoms with Crippen LogP contribution >= 0.6 is 0 Å². The normalized spacial score (nSPS) is 24.4. The van der Waals surface area contributed by atoms with Crippen molar-refractivity contribution in [2.24, 2.45) is 0 Å². The fourth-order valence-electron chi connectivity index (χ4n) is 3.07. The lowest BCUT2D eigenvalue weighted by Crippen LogP contribution is -2.60. The molecule has 9 N–H and O–H groups in total. The molecule has 1 aliphatic heterocycles. The maximum Gasteiger partial charge on any atom is 0.338 e. The average molecular weight is 484 g/mol. The van der Waals surface area contributed by atoms with Gasteiger partial charge in [-0.3, -0.25) is 0 Å². The van der Waals surface area contributed by atoms with Crippen LogP contribution in [0.2, 0.25) is 0 Å². The number of benzene rings is 2. The number of aliphatic hydroxyl groups excluding tert-OH is 3. The Morgan fingerprint density at radius 2 is 1.32 bits per heavy atom. The van der Waals surface area contributed by atoms with E-state index >= 15 is 0 Å². The number of aliphatic hydroxyl groups is 3. The molecule has 0 aromatic heterocycles. The monoisotopic (exact) mass is 484 g/mol. The highest BCUT2D eigenvalue weighted by Gasteiger charge is 2.46. The first-order valence-corrected chi connectivity index (χ1v) is 9.48. The molecule has 5 unspecified atom stereocenters. The number of aromatic hydroxyl groups is 5. The van der Waals surface area contributed by atoms with Crippen molar-refractivity contribution >= 4 is 11.9 Å². The number of aromatic carboxylic acids is 1. The molecule has 0 radical (unpaired) electrons. The van der Waals surface area contributed by atoms with Crippen LogP contribution in [-0.4, -0.2) is 95.2 Å². The van der Waals surface area contributed by atoms with E-state index in [-0.39, 0.29) is 5.56 Å². The van der Waals surface area contributed by atoms with Crippen molar-refractivity contribution in [3.8, 4) is 34.5 Å². The molecule has 5 atom stereocenters. The van der Waals surface area contributed by atoms with Crippen LogP contribution in [0.5, 0.6) is 34.5 Å². The Morgan fingerprint density at radius 3 is 1.85 bits per heavy atom. The fraction of sp³-hybridized carbons (Fsp3) is 0.300. The van der Waals surface area contributed by atoms with Crippen LogP contribution in [0.15, 0.2) is 24.3 Å². The summed E-state index contributed by atoms with van der Waals surface area (Å²) >= 11 is 0. The van der Waals surface area contributed by atoms with Gasteiger partial charge in [0.05, 0.1) is 11.1 Å². The van der Waals surface area contributed by atoms with E-state index in [4.69, 9.17) is 19.3 Å². The average Bonchev–Trinajstić information content (AvgIpc) is 2.78. The lowest BCUT2D eigenvalue weighted by atomic mass is 9.99. The van der Waals surface area contributed by atoms with E-state index in [0.29, 0.717) is 0 Å². The molecule has 1 aliphatic rings. The van der Waals surface area contributed by atoms with Gasteiger partial charge >= 0.3 is 11.9 Å². The SMILES string of the molecule is O=C(O)c1cc(O)c(OC2OC(COC(=O)c3cc(O)c(O)c(O)c3)C(O)C(O)C2O)c(O)c1. The molecular formula is C20H20O14. The van der Waals surface area contributed by atoms with E-state index < -0.39 is 89.3 Å². The van der Waals surface area contributed by atoms with E-state index in [1.807, 2.05) is 0 Å². The molecule has 184 valence electrons. The Kier molecular flexibility index (Phi) is 6.88. The number of phenols is 5. The van der Waals surface area contributed by atoms with Gasteiger partial charge in [-0.05, 0) is 24.3 Å². The Hall–Kier alpha value is -3.98. The van der Waals surface area contributed by atoms with Gasteiger partial charge < -0.3 is 60.2 Å². The van der Waals surface area contributed by atoms with Gasteiger partial charge in [-0.25, -0.2) is 9.59 Å². The highest BCUT2D eigenvalue weighted by Crippen LogP contribution is 2.39. The highest BCUT2D eigenvalue weighted by atomic mass is 16.7. The number of carbonyl (C=O) groups excluding carboxylic acids is 1. The predicted molar refractivity (Wildman–Crippen MR) is 106 cm³/mol. The molecule has 1 saturated heterocycles. The lowest BCUT2D eigenvalue weighted by molar-refractivity contribution is -0.277. The van der Waals surface area contributed by atoms with Crippen molar-refractivity contribution in [2.75, 3.05) is 6.61 Å². The van der Waals surface area contributed by atoms with Gasteiger partial charge in [0.15, 0.2) is 28.7 Å². The quantitative estimate of drug-likeness (QED) is 0.176. The van der Waals surface area contributed by atoms with Crippen LogP contribution < -0.4 is 4.74 Å². The van der Waals surface area contributed by atoms with E-state index in [0.717, 1.165) is 24.3 Å². The number of carbonyl (C=O) groups is 2. The number of ether oxygens (including phenoxy) is 3. The summed E-state index contributed by atoms with van der Waals surface area (Å²) in [6, 6.07) is 3.10. The highest BCUT2D eigenvalue weighted by molar-refractivity contribution is 5.91. The Balaban J connectivity index is 1.74. The molecule has 14 nitrogen and oxygen atoms in total. The second-order valence-corrected chi connectivity index (χ2v) is 7.24. The topological polar surface area (TPSA) is 244 Å². The first-order chi connectivity index (χ1) is 15.9. The second-order valence-electron chi connectivity index (χ2n) is 7.24. The molecule has 2 aromatic carbocycles. The number of carboxylic acids is 1. The maximum atomic E-state index is 12.2. The van der Waals surface area contributed by atoms with Crippen molar-refractivity contribution in [2.45, 2.75) is 30.7 Å². The van der Waals surface area contributed by atoms with E-state index in [1.165, 1.54) is 0 Å². The molecule has 0 saturated carbocycles. The molecule has 0 aliphatic carbocycles. The molecule has 0 amide bonds. The van der Waals surface area contributed by atoms with Gasteiger partial charge in [0.2, 0.25) is 12.0 Å². The first-order valence-electron chi connectivity index (χ1n) is 9.48. The van der Waals surface area contributed by atoms with Crippen molar-refractivity contribution in [1.29, 1.82) is 0 Å². The Morgan fingerprint density at radius 1 is 0.794 bits per heavy atom. The van der Waals surface area contributed by atoms with Crippen molar-refractivity contribution < 1.29 is 69.8 Å². The third-order valence-electron chi connectivity index (χ3n) is 4.88. The van der Waals surface area contributed by atoms with E-state index in [2.05, 4.69) is 0 Å². The summed E-state index contributed by atoms with van der Waals surface area (Å²) in [5.41, 5.74) is -0.848. The zero-order valence-corrected chi connectivity index (χ0v) is 17.0. The molecule has 34 heavy (non-hydrogen) atoms. The first kappa shape index (κ1) is 24.7. The zero-order chi connectivity index (χ0) is 25.3. The minimum Gasteiger partial charge on any atom is -0.504 e. The number of esters is 1. The van der Waals surface area contributed by atoms with Crippen LogP contribution in [0.4, 0.5) is 0 Å². The molecule has 1 fully saturated rings. The third kappa shape index (κ3) is 4.84. The predicted octanol–water partition coefficient (Wildman–Crippen LogP) is -1.04. The minimum absolute atomic E-state index is 0.375. The Bertz CT molecular complexity index is 1050. The van der Waals surface area contributed by atoms with Crippen molar-refractivity contribution in [3.05, 3.63) is 35.4 Å². The summed E-state index contributed by atoms with van der Waals surface area (Å²) in [7, 11) is 0. The summed E-state index contributed by atoms with van der Waals surface area (Å²) in [6.07, 6.45) is -8.93. The van der Waals surface area contributed by atoms with Crippen molar-refractivity contribution in [1.82, 2.24) is 0 Å². The summed E-state index contributed by atoms with van der Waals surface area (Å²) < 4.78 is 15.4. The third-order valence-corrected chi connectivity index (χ3v) is 4.88. The second kappa shape index (κ2) is 9.48. The minimum atomic E-state index is -1.91. The Labute approximate surface area is 189 Å².